The lowest BCUT2D eigenvalue weighted by Gasteiger charge is -2.11. The van der Waals surface area contributed by atoms with Crippen molar-refractivity contribution in [2.24, 2.45) is 0 Å². The predicted octanol–water partition coefficient (Wildman–Crippen LogP) is 2.81. The van der Waals surface area contributed by atoms with Gasteiger partial charge in [0.1, 0.15) is 0 Å². The molecular weight excluding hydrogens is 214 g/mol. The third-order valence-electron chi connectivity index (χ3n) is 2.31. The average molecular weight is 230 g/mol. The van der Waals surface area contributed by atoms with Crippen molar-refractivity contribution < 1.29 is 18.6 Å². The average Bonchev–Trinajstić information content (AvgIpc) is 2.28. The smallest absolute Gasteiger partial charge is 0.164 e. The fourth-order valence-corrected chi connectivity index (χ4v) is 1.46. The van der Waals surface area contributed by atoms with Gasteiger partial charge in [0.05, 0.1) is 6.10 Å². The zero-order chi connectivity index (χ0) is 12.0. The van der Waals surface area contributed by atoms with Crippen LogP contribution in [0.25, 0.3) is 0 Å². The van der Waals surface area contributed by atoms with E-state index in [1.165, 1.54) is 12.1 Å². The molecule has 1 atom stereocenters. The molecule has 0 aliphatic rings. The van der Waals surface area contributed by atoms with Gasteiger partial charge in [-0.15, -0.1) is 0 Å². The van der Waals surface area contributed by atoms with Gasteiger partial charge in [0.2, 0.25) is 0 Å². The maximum absolute atomic E-state index is 13.3. The molecule has 0 spiro atoms. The van der Waals surface area contributed by atoms with Crippen molar-refractivity contribution in [2.45, 2.75) is 25.9 Å². The van der Waals surface area contributed by atoms with Crippen LogP contribution in [-0.4, -0.2) is 18.3 Å². The van der Waals surface area contributed by atoms with Crippen molar-refractivity contribution in [3.05, 3.63) is 35.4 Å². The van der Waals surface area contributed by atoms with E-state index in [9.17, 15) is 13.9 Å². The zero-order valence-electron chi connectivity index (χ0n) is 9.25. The molecule has 2 nitrogen and oxygen atoms in total. The lowest BCUT2D eigenvalue weighted by atomic mass is 10.0. The topological polar surface area (TPSA) is 29.5 Å². The molecule has 0 aliphatic carbocycles. The number of aliphatic hydroxyl groups is 1. The summed E-state index contributed by atoms with van der Waals surface area (Å²) < 4.78 is 31.2. The Labute approximate surface area is 93.9 Å². The zero-order valence-corrected chi connectivity index (χ0v) is 9.25. The Kier molecular flexibility index (Phi) is 5.35. The van der Waals surface area contributed by atoms with Crippen LogP contribution in [0.15, 0.2) is 18.2 Å². The summed E-state index contributed by atoms with van der Waals surface area (Å²) in [5, 5.41) is 9.66. The van der Waals surface area contributed by atoms with Crippen LogP contribution >= 0.6 is 0 Å². The molecule has 0 saturated heterocycles. The monoisotopic (exact) mass is 230 g/mol. The highest BCUT2D eigenvalue weighted by Gasteiger charge is 2.15. The second-order valence-corrected chi connectivity index (χ2v) is 3.50. The van der Waals surface area contributed by atoms with E-state index in [-0.39, 0.29) is 5.56 Å². The van der Waals surface area contributed by atoms with Crippen molar-refractivity contribution in [3.8, 4) is 0 Å². The second-order valence-electron chi connectivity index (χ2n) is 3.50. The Morgan fingerprint density at radius 1 is 1.38 bits per heavy atom. The van der Waals surface area contributed by atoms with Crippen LogP contribution in [0.3, 0.4) is 0 Å². The molecule has 1 unspecified atom stereocenters. The third kappa shape index (κ3) is 3.54. The summed E-state index contributed by atoms with van der Waals surface area (Å²) in [5.41, 5.74) is 0.0106. The largest absolute Gasteiger partial charge is 0.388 e. The van der Waals surface area contributed by atoms with Crippen molar-refractivity contribution in [3.63, 3.8) is 0 Å². The van der Waals surface area contributed by atoms with Crippen LogP contribution in [0, 0.1) is 11.6 Å². The standard InChI is InChI=1S/C12H16F2O2/c1-2-16-8-4-7-11(15)9-5-3-6-10(13)12(9)14/h3,5-6,11,15H,2,4,7-8H2,1H3. The normalized spacial score (nSPS) is 12.8. The highest BCUT2D eigenvalue weighted by atomic mass is 19.2. The highest BCUT2D eigenvalue weighted by molar-refractivity contribution is 5.21. The molecule has 1 N–H and O–H groups in total. The maximum Gasteiger partial charge on any atom is 0.164 e. The molecule has 1 aromatic rings. The van der Waals surface area contributed by atoms with Gasteiger partial charge in [-0.2, -0.15) is 0 Å². The Balaban J connectivity index is 2.52. The minimum absolute atomic E-state index is 0.0106. The molecule has 0 amide bonds. The highest BCUT2D eigenvalue weighted by Crippen LogP contribution is 2.22. The molecule has 0 aliphatic heterocycles. The van der Waals surface area contributed by atoms with Gasteiger partial charge in [-0.25, -0.2) is 8.78 Å². The summed E-state index contributed by atoms with van der Waals surface area (Å²) in [6.07, 6.45) is 0.00173. The van der Waals surface area contributed by atoms with Crippen molar-refractivity contribution in [1.29, 1.82) is 0 Å². The molecule has 4 heteroatoms. The van der Waals surface area contributed by atoms with Gasteiger partial charge in [0, 0.05) is 18.8 Å². The van der Waals surface area contributed by atoms with Crippen molar-refractivity contribution in [2.75, 3.05) is 13.2 Å². The molecule has 0 bridgehead atoms. The third-order valence-corrected chi connectivity index (χ3v) is 2.31. The Morgan fingerprint density at radius 2 is 2.12 bits per heavy atom. The Hall–Kier alpha value is -1.00. The van der Waals surface area contributed by atoms with Crippen LogP contribution in [0.1, 0.15) is 31.4 Å². The van der Waals surface area contributed by atoms with Gasteiger partial charge in [-0.3, -0.25) is 0 Å². The van der Waals surface area contributed by atoms with Crippen LogP contribution < -0.4 is 0 Å². The number of ether oxygens (including phenoxy) is 1. The van der Waals surface area contributed by atoms with Crippen molar-refractivity contribution >= 4 is 0 Å². The van der Waals surface area contributed by atoms with E-state index in [4.69, 9.17) is 4.74 Å². The quantitative estimate of drug-likeness (QED) is 0.761. The summed E-state index contributed by atoms with van der Waals surface area (Å²) >= 11 is 0. The summed E-state index contributed by atoms with van der Waals surface area (Å²) in [6.45, 7) is 3.01. The Bertz CT molecular complexity index is 329. The number of halogens is 2. The summed E-state index contributed by atoms with van der Waals surface area (Å²) in [6, 6.07) is 3.81. The van der Waals surface area contributed by atoms with Crippen molar-refractivity contribution in [1.82, 2.24) is 0 Å². The minimum atomic E-state index is -0.976. The van der Waals surface area contributed by atoms with Gasteiger partial charge < -0.3 is 9.84 Å². The minimum Gasteiger partial charge on any atom is -0.388 e. The van der Waals surface area contributed by atoms with Crippen LogP contribution in [-0.2, 0) is 4.74 Å². The van der Waals surface area contributed by atoms with E-state index in [2.05, 4.69) is 0 Å². The number of hydrogen-bond donors (Lipinski definition) is 1. The van der Waals surface area contributed by atoms with Crippen LogP contribution in [0.5, 0.6) is 0 Å². The predicted molar refractivity (Wildman–Crippen MR) is 57.0 cm³/mol. The van der Waals surface area contributed by atoms with Gasteiger partial charge >= 0.3 is 0 Å². The number of hydrogen-bond acceptors (Lipinski definition) is 2. The summed E-state index contributed by atoms with van der Waals surface area (Å²) in [4.78, 5) is 0. The number of aliphatic hydroxyl groups excluding tert-OH is 1. The van der Waals surface area contributed by atoms with Crippen LogP contribution in [0.4, 0.5) is 8.78 Å². The van der Waals surface area contributed by atoms with E-state index >= 15 is 0 Å². The van der Waals surface area contributed by atoms with Gasteiger partial charge in [0.25, 0.3) is 0 Å². The SMILES string of the molecule is CCOCCCC(O)c1cccc(F)c1F. The van der Waals surface area contributed by atoms with Crippen LogP contribution in [0.2, 0.25) is 0 Å². The van der Waals surface area contributed by atoms with Gasteiger partial charge in [-0.05, 0) is 25.8 Å². The Morgan fingerprint density at radius 3 is 2.81 bits per heavy atom. The van der Waals surface area contributed by atoms with E-state index in [1.54, 1.807) is 0 Å². The molecule has 0 aromatic heterocycles. The van der Waals surface area contributed by atoms with E-state index in [1.807, 2.05) is 6.92 Å². The first-order chi connectivity index (χ1) is 7.66. The fraction of sp³-hybridized carbons (Fsp3) is 0.500. The molecule has 16 heavy (non-hydrogen) atoms. The fourth-order valence-electron chi connectivity index (χ4n) is 1.46. The molecule has 0 fully saturated rings. The number of rotatable bonds is 6. The molecule has 90 valence electrons. The molecule has 0 radical (unpaired) electrons. The first kappa shape index (κ1) is 13.1. The van der Waals surface area contributed by atoms with Gasteiger partial charge in [0.15, 0.2) is 11.6 Å². The molecule has 1 rings (SSSR count). The number of benzene rings is 1. The summed E-state index contributed by atoms with van der Waals surface area (Å²) in [5.74, 6) is -1.90. The molecular formula is C12H16F2O2. The lowest BCUT2D eigenvalue weighted by molar-refractivity contribution is 0.112. The first-order valence-corrected chi connectivity index (χ1v) is 5.36. The van der Waals surface area contributed by atoms with Gasteiger partial charge in [-0.1, -0.05) is 12.1 Å². The second kappa shape index (κ2) is 6.55. The van der Waals surface area contributed by atoms with E-state index < -0.39 is 17.7 Å². The van der Waals surface area contributed by atoms with E-state index in [0.717, 1.165) is 6.07 Å². The first-order valence-electron chi connectivity index (χ1n) is 5.36. The molecule has 0 saturated carbocycles. The molecule has 0 heterocycles. The molecule has 1 aromatic carbocycles. The van der Waals surface area contributed by atoms with E-state index in [0.29, 0.717) is 26.1 Å². The lowest BCUT2D eigenvalue weighted by Crippen LogP contribution is -2.04. The summed E-state index contributed by atoms with van der Waals surface area (Å²) in [7, 11) is 0. The maximum atomic E-state index is 13.3.